The molecule has 0 spiro atoms. The van der Waals surface area contributed by atoms with E-state index in [0.717, 1.165) is 0 Å². The van der Waals surface area contributed by atoms with Crippen LogP contribution in [0.5, 0.6) is 0 Å². The van der Waals surface area contributed by atoms with Crippen LogP contribution in [-0.2, 0) is 17.3 Å². The minimum atomic E-state index is -0.765. The largest absolute Gasteiger partial charge is 0.352 e. The molecular formula is C10H14FN3OS. The van der Waals surface area contributed by atoms with Gasteiger partial charge in [0, 0.05) is 53.7 Å². The van der Waals surface area contributed by atoms with Gasteiger partial charge in [0.05, 0.1) is 0 Å². The van der Waals surface area contributed by atoms with Crippen LogP contribution < -0.4 is 10.6 Å². The molecule has 1 saturated heterocycles. The van der Waals surface area contributed by atoms with Crippen molar-refractivity contribution in [2.75, 3.05) is 29.5 Å². The van der Waals surface area contributed by atoms with Crippen LogP contribution in [0.3, 0.4) is 0 Å². The Labute approximate surface area is 96.1 Å². The number of aromatic nitrogens is 1. The van der Waals surface area contributed by atoms with Crippen LogP contribution in [0.2, 0.25) is 0 Å². The first-order chi connectivity index (χ1) is 7.72. The second-order valence-corrected chi connectivity index (χ2v) is 5.34. The predicted molar refractivity (Wildman–Crippen MR) is 62.2 cm³/mol. The Bertz CT molecular complexity index is 403. The van der Waals surface area contributed by atoms with E-state index >= 15 is 0 Å². The summed E-state index contributed by atoms with van der Waals surface area (Å²) >= 11 is 0. The van der Waals surface area contributed by atoms with Crippen molar-refractivity contribution in [3.05, 3.63) is 23.6 Å². The molecule has 0 bridgehead atoms. The van der Waals surface area contributed by atoms with E-state index in [2.05, 4.69) is 4.98 Å². The lowest BCUT2D eigenvalue weighted by Crippen LogP contribution is -2.38. The van der Waals surface area contributed by atoms with Crippen molar-refractivity contribution in [3.63, 3.8) is 0 Å². The molecule has 2 N–H and O–H groups in total. The normalized spacial score (nSPS) is 17.8. The molecule has 0 unspecified atom stereocenters. The second-order valence-electron chi connectivity index (χ2n) is 3.65. The number of rotatable bonds is 2. The fourth-order valence-corrected chi connectivity index (χ4v) is 2.75. The molecule has 1 aliphatic heterocycles. The summed E-state index contributed by atoms with van der Waals surface area (Å²) in [6.45, 7) is 1.34. The number of hydrogen-bond acceptors (Lipinski definition) is 4. The van der Waals surface area contributed by atoms with Gasteiger partial charge in [0.15, 0.2) is 11.6 Å². The molecule has 4 nitrogen and oxygen atoms in total. The van der Waals surface area contributed by atoms with E-state index in [4.69, 9.17) is 5.73 Å². The van der Waals surface area contributed by atoms with Crippen molar-refractivity contribution in [1.29, 1.82) is 0 Å². The third kappa shape index (κ3) is 2.22. The van der Waals surface area contributed by atoms with Crippen LogP contribution in [0.1, 0.15) is 5.56 Å². The Balaban J connectivity index is 2.23. The molecule has 0 saturated carbocycles. The van der Waals surface area contributed by atoms with Gasteiger partial charge in [-0.2, -0.15) is 0 Å². The molecule has 1 aromatic heterocycles. The molecule has 1 aliphatic rings. The smallest absolute Gasteiger partial charge is 0.170 e. The zero-order chi connectivity index (χ0) is 11.5. The van der Waals surface area contributed by atoms with Gasteiger partial charge < -0.3 is 10.6 Å². The van der Waals surface area contributed by atoms with Crippen LogP contribution in [0.15, 0.2) is 12.3 Å². The first kappa shape index (κ1) is 11.5. The van der Waals surface area contributed by atoms with E-state index in [1.165, 1.54) is 0 Å². The third-order valence-corrected chi connectivity index (χ3v) is 3.92. The Kier molecular flexibility index (Phi) is 3.50. The highest BCUT2D eigenvalue weighted by atomic mass is 32.2. The maximum atomic E-state index is 13.9. The summed E-state index contributed by atoms with van der Waals surface area (Å²) in [6.07, 6.45) is 1.56. The molecule has 88 valence electrons. The van der Waals surface area contributed by atoms with Crippen molar-refractivity contribution in [2.45, 2.75) is 6.54 Å². The van der Waals surface area contributed by atoms with Crippen molar-refractivity contribution in [1.82, 2.24) is 4.98 Å². The quantitative estimate of drug-likeness (QED) is 0.809. The van der Waals surface area contributed by atoms with Crippen molar-refractivity contribution >= 4 is 16.6 Å². The SMILES string of the molecule is NCc1ccnc(N2CCS(=O)CC2)c1F. The number of nitrogens with zero attached hydrogens (tertiary/aromatic N) is 2. The van der Waals surface area contributed by atoms with Gasteiger partial charge >= 0.3 is 0 Å². The number of nitrogens with two attached hydrogens (primary N) is 1. The highest BCUT2D eigenvalue weighted by Crippen LogP contribution is 2.20. The van der Waals surface area contributed by atoms with Crippen LogP contribution >= 0.6 is 0 Å². The Hall–Kier alpha value is -1.01. The summed E-state index contributed by atoms with van der Waals surface area (Å²) in [7, 11) is -0.765. The van der Waals surface area contributed by atoms with Crippen LogP contribution in [0.25, 0.3) is 0 Å². The summed E-state index contributed by atoms with van der Waals surface area (Å²) in [4.78, 5) is 5.86. The summed E-state index contributed by atoms with van der Waals surface area (Å²) in [6, 6.07) is 1.58. The lowest BCUT2D eigenvalue weighted by atomic mass is 10.2. The average molecular weight is 243 g/mol. The summed E-state index contributed by atoms with van der Waals surface area (Å²) < 4.78 is 25.1. The zero-order valence-electron chi connectivity index (χ0n) is 8.86. The van der Waals surface area contributed by atoms with Crippen molar-refractivity contribution in [2.24, 2.45) is 5.73 Å². The van der Waals surface area contributed by atoms with E-state index in [0.29, 0.717) is 36.0 Å². The van der Waals surface area contributed by atoms with Gasteiger partial charge in [0.1, 0.15) is 0 Å². The summed E-state index contributed by atoms with van der Waals surface area (Å²) in [5.74, 6) is 1.14. The second kappa shape index (κ2) is 4.88. The monoisotopic (exact) mass is 243 g/mol. The van der Waals surface area contributed by atoms with Crippen molar-refractivity contribution in [3.8, 4) is 0 Å². The molecule has 1 fully saturated rings. The van der Waals surface area contributed by atoms with E-state index < -0.39 is 10.8 Å². The first-order valence-corrected chi connectivity index (χ1v) is 6.64. The maximum Gasteiger partial charge on any atom is 0.170 e. The molecule has 2 heterocycles. The van der Waals surface area contributed by atoms with Gasteiger partial charge in [0.25, 0.3) is 0 Å². The molecule has 0 amide bonds. The number of anilines is 1. The zero-order valence-corrected chi connectivity index (χ0v) is 9.67. The predicted octanol–water partition coefficient (Wildman–Crippen LogP) is 0.248. The average Bonchev–Trinajstić information content (AvgIpc) is 2.31. The van der Waals surface area contributed by atoms with E-state index in [1.807, 2.05) is 4.90 Å². The van der Waals surface area contributed by atoms with Crippen LogP contribution in [0.4, 0.5) is 10.2 Å². The fraction of sp³-hybridized carbons (Fsp3) is 0.500. The molecule has 0 atom stereocenters. The molecule has 0 aromatic carbocycles. The van der Waals surface area contributed by atoms with E-state index in [9.17, 15) is 8.60 Å². The molecule has 2 rings (SSSR count). The first-order valence-electron chi connectivity index (χ1n) is 5.15. The lowest BCUT2D eigenvalue weighted by Gasteiger charge is -2.27. The minimum Gasteiger partial charge on any atom is -0.352 e. The van der Waals surface area contributed by atoms with E-state index in [-0.39, 0.29) is 12.4 Å². The molecular weight excluding hydrogens is 229 g/mol. The highest BCUT2D eigenvalue weighted by Gasteiger charge is 2.20. The van der Waals surface area contributed by atoms with Gasteiger partial charge in [-0.05, 0) is 6.07 Å². The number of hydrogen-bond donors (Lipinski definition) is 1. The molecule has 0 aliphatic carbocycles. The summed E-state index contributed by atoms with van der Waals surface area (Å²) in [5.41, 5.74) is 5.91. The standard InChI is InChI=1S/C10H14FN3OS/c11-9-8(7-12)1-2-13-10(9)14-3-5-16(15)6-4-14/h1-2H,3-7,12H2. The Morgan fingerprint density at radius 3 is 2.81 bits per heavy atom. The lowest BCUT2D eigenvalue weighted by molar-refractivity contribution is 0.594. The Morgan fingerprint density at radius 2 is 2.19 bits per heavy atom. The molecule has 1 aromatic rings. The number of pyridine rings is 1. The fourth-order valence-electron chi connectivity index (χ4n) is 1.70. The van der Waals surface area contributed by atoms with Crippen LogP contribution in [-0.4, -0.2) is 33.8 Å². The molecule has 6 heteroatoms. The topological polar surface area (TPSA) is 59.2 Å². The molecule has 16 heavy (non-hydrogen) atoms. The maximum absolute atomic E-state index is 13.9. The van der Waals surface area contributed by atoms with Crippen LogP contribution in [0, 0.1) is 5.82 Å². The van der Waals surface area contributed by atoms with Gasteiger partial charge in [-0.15, -0.1) is 0 Å². The summed E-state index contributed by atoms with van der Waals surface area (Å²) in [5, 5.41) is 0. The Morgan fingerprint density at radius 1 is 1.50 bits per heavy atom. The van der Waals surface area contributed by atoms with Gasteiger partial charge in [-0.1, -0.05) is 0 Å². The minimum absolute atomic E-state index is 0.168. The third-order valence-electron chi connectivity index (χ3n) is 2.65. The highest BCUT2D eigenvalue weighted by molar-refractivity contribution is 7.85. The van der Waals surface area contributed by atoms with Gasteiger partial charge in [-0.25, -0.2) is 9.37 Å². The molecule has 0 radical (unpaired) electrons. The van der Waals surface area contributed by atoms with Gasteiger partial charge in [-0.3, -0.25) is 4.21 Å². The van der Waals surface area contributed by atoms with Crippen molar-refractivity contribution < 1.29 is 8.60 Å². The van der Waals surface area contributed by atoms with E-state index in [1.54, 1.807) is 12.3 Å². The number of halogens is 1. The van der Waals surface area contributed by atoms with Gasteiger partial charge in [0.2, 0.25) is 0 Å².